The predicted octanol–water partition coefficient (Wildman–Crippen LogP) is -0.0461. The highest BCUT2D eigenvalue weighted by atomic mass is 19.1. The highest BCUT2D eigenvalue weighted by molar-refractivity contribution is 5.98. The summed E-state index contributed by atoms with van der Waals surface area (Å²) in [5.41, 5.74) is 5.71. The van der Waals surface area contributed by atoms with Crippen molar-refractivity contribution in [3.05, 3.63) is 35.1 Å². The van der Waals surface area contributed by atoms with Gasteiger partial charge in [-0.05, 0) is 18.2 Å². The van der Waals surface area contributed by atoms with Gasteiger partial charge in [-0.25, -0.2) is 4.39 Å². The van der Waals surface area contributed by atoms with Crippen molar-refractivity contribution >= 4 is 11.8 Å². The van der Waals surface area contributed by atoms with E-state index in [1.54, 1.807) is 14.1 Å². The maximum atomic E-state index is 13.2. The first-order valence-electron chi connectivity index (χ1n) is 5.92. The molecule has 2 amide bonds. The number of carbonyl (C=O) groups is 2. The van der Waals surface area contributed by atoms with E-state index in [4.69, 9.17) is 5.73 Å². The molecule has 0 saturated heterocycles. The molecule has 0 saturated carbocycles. The van der Waals surface area contributed by atoms with E-state index in [1.807, 2.05) is 0 Å². The first-order chi connectivity index (χ1) is 9.45. The third-order valence-corrected chi connectivity index (χ3v) is 2.45. The summed E-state index contributed by atoms with van der Waals surface area (Å²) >= 11 is 0. The minimum absolute atomic E-state index is 0.0810. The number of amides is 2. The van der Waals surface area contributed by atoms with Crippen LogP contribution >= 0.6 is 0 Å². The number of hydrogen-bond acceptors (Lipinski definition) is 3. The Morgan fingerprint density at radius 1 is 1.40 bits per heavy atom. The van der Waals surface area contributed by atoms with Crippen molar-refractivity contribution in [2.75, 3.05) is 27.2 Å². The summed E-state index contributed by atoms with van der Waals surface area (Å²) in [5, 5.41) is 2.43. The Morgan fingerprint density at radius 3 is 2.70 bits per heavy atom. The molecule has 0 aliphatic carbocycles. The standard InChI is InChI=1S/C14H16FN3O2/c1-18(2)13(19)9-17-14(20)12-8-11(15)6-5-10(12)4-3-7-16/h5-6,8H,7,9,16H2,1-2H3,(H,17,20). The molecule has 0 unspecified atom stereocenters. The first-order valence-corrected chi connectivity index (χ1v) is 5.92. The molecule has 0 aliphatic heterocycles. The van der Waals surface area contributed by atoms with Crippen LogP contribution in [0.4, 0.5) is 4.39 Å². The van der Waals surface area contributed by atoms with Crippen molar-refractivity contribution in [3.8, 4) is 11.8 Å². The number of rotatable bonds is 3. The van der Waals surface area contributed by atoms with E-state index in [2.05, 4.69) is 17.2 Å². The smallest absolute Gasteiger partial charge is 0.253 e. The lowest BCUT2D eigenvalue weighted by molar-refractivity contribution is -0.127. The minimum atomic E-state index is -0.555. The quantitative estimate of drug-likeness (QED) is 0.761. The number of carbonyl (C=O) groups excluding carboxylic acids is 2. The van der Waals surface area contributed by atoms with E-state index in [-0.39, 0.29) is 24.6 Å². The first kappa shape index (κ1) is 15.7. The molecule has 1 aromatic carbocycles. The molecule has 5 nitrogen and oxygen atoms in total. The molecule has 6 heteroatoms. The van der Waals surface area contributed by atoms with Crippen LogP contribution in [0.5, 0.6) is 0 Å². The van der Waals surface area contributed by atoms with Gasteiger partial charge in [-0.3, -0.25) is 9.59 Å². The lowest BCUT2D eigenvalue weighted by Crippen LogP contribution is -2.36. The Bertz CT molecular complexity index is 574. The summed E-state index contributed by atoms with van der Waals surface area (Å²) in [5.74, 6) is 3.93. The van der Waals surface area contributed by atoms with Crippen molar-refractivity contribution < 1.29 is 14.0 Å². The number of benzene rings is 1. The van der Waals surface area contributed by atoms with Crippen molar-refractivity contribution in [3.63, 3.8) is 0 Å². The molecular weight excluding hydrogens is 261 g/mol. The van der Waals surface area contributed by atoms with E-state index in [0.717, 1.165) is 6.07 Å². The second kappa shape index (κ2) is 7.26. The Hall–Kier alpha value is -2.39. The Kier molecular flexibility index (Phi) is 5.69. The molecule has 0 bridgehead atoms. The van der Waals surface area contributed by atoms with Gasteiger partial charge in [0.25, 0.3) is 5.91 Å². The van der Waals surface area contributed by atoms with Crippen LogP contribution in [0.2, 0.25) is 0 Å². The number of nitrogens with two attached hydrogens (primary N) is 1. The lowest BCUT2D eigenvalue weighted by Gasteiger charge is -2.11. The van der Waals surface area contributed by atoms with E-state index in [9.17, 15) is 14.0 Å². The molecule has 106 valence electrons. The van der Waals surface area contributed by atoms with Crippen LogP contribution in [0.3, 0.4) is 0 Å². The van der Waals surface area contributed by atoms with E-state index < -0.39 is 11.7 Å². The largest absolute Gasteiger partial charge is 0.347 e. The van der Waals surface area contributed by atoms with Crippen LogP contribution in [-0.2, 0) is 4.79 Å². The summed E-state index contributed by atoms with van der Waals surface area (Å²) < 4.78 is 13.2. The summed E-state index contributed by atoms with van der Waals surface area (Å²) in [6.07, 6.45) is 0. The van der Waals surface area contributed by atoms with Crippen molar-refractivity contribution in [2.45, 2.75) is 0 Å². The van der Waals surface area contributed by atoms with Gasteiger partial charge < -0.3 is 16.0 Å². The van der Waals surface area contributed by atoms with Gasteiger partial charge in [0, 0.05) is 19.7 Å². The van der Waals surface area contributed by atoms with E-state index >= 15 is 0 Å². The SMILES string of the molecule is CN(C)C(=O)CNC(=O)c1cc(F)ccc1C#CCN. The topological polar surface area (TPSA) is 75.4 Å². The molecular formula is C14H16FN3O2. The maximum absolute atomic E-state index is 13.2. The number of halogens is 1. The zero-order chi connectivity index (χ0) is 15.1. The molecule has 0 spiro atoms. The second-order valence-electron chi connectivity index (χ2n) is 4.17. The lowest BCUT2D eigenvalue weighted by atomic mass is 10.1. The molecule has 0 aliphatic rings. The van der Waals surface area contributed by atoms with Gasteiger partial charge in [0.05, 0.1) is 18.7 Å². The number of likely N-dealkylation sites (N-methyl/N-ethyl adjacent to an activating group) is 1. The summed E-state index contributed by atoms with van der Waals surface area (Å²) in [6, 6.07) is 3.69. The zero-order valence-electron chi connectivity index (χ0n) is 11.4. The maximum Gasteiger partial charge on any atom is 0.253 e. The third kappa shape index (κ3) is 4.37. The number of hydrogen-bond donors (Lipinski definition) is 2. The van der Waals surface area contributed by atoms with Crippen LogP contribution in [0.25, 0.3) is 0 Å². The van der Waals surface area contributed by atoms with Gasteiger partial charge in [0.2, 0.25) is 5.91 Å². The number of nitrogens with zero attached hydrogens (tertiary/aromatic N) is 1. The van der Waals surface area contributed by atoms with Gasteiger partial charge >= 0.3 is 0 Å². The Balaban J connectivity index is 2.91. The van der Waals surface area contributed by atoms with Gasteiger partial charge in [0.1, 0.15) is 5.82 Å². The zero-order valence-corrected chi connectivity index (χ0v) is 11.4. The molecule has 3 N–H and O–H groups in total. The molecule has 0 fully saturated rings. The molecule has 0 radical (unpaired) electrons. The highest BCUT2D eigenvalue weighted by Crippen LogP contribution is 2.10. The number of nitrogens with one attached hydrogen (secondary N) is 1. The monoisotopic (exact) mass is 277 g/mol. The third-order valence-electron chi connectivity index (χ3n) is 2.45. The van der Waals surface area contributed by atoms with E-state index in [1.165, 1.54) is 17.0 Å². The summed E-state index contributed by atoms with van der Waals surface area (Å²) in [6.45, 7) is -0.0242. The van der Waals surface area contributed by atoms with Gasteiger partial charge in [-0.2, -0.15) is 0 Å². The van der Waals surface area contributed by atoms with Crippen LogP contribution in [-0.4, -0.2) is 43.9 Å². The molecule has 20 heavy (non-hydrogen) atoms. The molecule has 0 heterocycles. The van der Waals surface area contributed by atoms with Gasteiger partial charge in [0.15, 0.2) is 0 Å². The average Bonchev–Trinajstić information content (AvgIpc) is 2.42. The van der Waals surface area contributed by atoms with Crippen molar-refractivity contribution in [2.24, 2.45) is 5.73 Å². The fourth-order valence-electron chi connectivity index (χ4n) is 1.37. The normalized spacial score (nSPS) is 9.40. The molecule has 1 aromatic rings. The summed E-state index contributed by atoms with van der Waals surface area (Å²) in [4.78, 5) is 24.7. The van der Waals surface area contributed by atoms with Crippen molar-refractivity contribution in [1.29, 1.82) is 0 Å². The molecule has 0 aromatic heterocycles. The second-order valence-corrected chi connectivity index (χ2v) is 4.17. The molecule has 1 rings (SSSR count). The molecule has 0 atom stereocenters. The highest BCUT2D eigenvalue weighted by Gasteiger charge is 2.13. The van der Waals surface area contributed by atoms with Crippen LogP contribution in [0, 0.1) is 17.7 Å². The Morgan fingerprint density at radius 2 is 2.10 bits per heavy atom. The fourth-order valence-corrected chi connectivity index (χ4v) is 1.37. The minimum Gasteiger partial charge on any atom is -0.347 e. The van der Waals surface area contributed by atoms with Crippen molar-refractivity contribution in [1.82, 2.24) is 10.2 Å². The van der Waals surface area contributed by atoms with E-state index in [0.29, 0.717) is 5.56 Å². The van der Waals surface area contributed by atoms with Crippen LogP contribution in [0.15, 0.2) is 18.2 Å². The van der Waals surface area contributed by atoms with Crippen LogP contribution in [0.1, 0.15) is 15.9 Å². The summed E-state index contributed by atoms with van der Waals surface area (Å²) in [7, 11) is 3.16. The van der Waals surface area contributed by atoms with Gasteiger partial charge in [-0.15, -0.1) is 0 Å². The fraction of sp³-hybridized carbons (Fsp3) is 0.286. The Labute approximate surface area is 116 Å². The predicted molar refractivity (Wildman–Crippen MR) is 73.4 cm³/mol. The van der Waals surface area contributed by atoms with Gasteiger partial charge in [-0.1, -0.05) is 11.8 Å². The average molecular weight is 277 g/mol. The van der Waals surface area contributed by atoms with Crippen LogP contribution < -0.4 is 11.1 Å².